The Morgan fingerprint density at radius 3 is 2.27 bits per heavy atom. The van der Waals surface area contributed by atoms with E-state index in [1.807, 2.05) is 52.0 Å². The van der Waals surface area contributed by atoms with Crippen LogP contribution in [0.1, 0.15) is 48.9 Å². The van der Waals surface area contributed by atoms with Crippen LogP contribution in [0.5, 0.6) is 0 Å². The van der Waals surface area contributed by atoms with Gasteiger partial charge in [0.15, 0.2) is 0 Å². The van der Waals surface area contributed by atoms with Gasteiger partial charge in [0, 0.05) is 18.1 Å². The molecule has 9 heteroatoms. The number of hydrogen-bond acceptors (Lipinski definition) is 4. The van der Waals surface area contributed by atoms with Crippen LogP contribution in [0.3, 0.4) is 0 Å². The third kappa shape index (κ3) is 7.86. The van der Waals surface area contributed by atoms with Crippen molar-refractivity contribution in [1.82, 2.24) is 10.2 Å². The van der Waals surface area contributed by atoms with Crippen LogP contribution in [-0.4, -0.2) is 44.3 Å². The van der Waals surface area contributed by atoms with Crippen LogP contribution in [0.15, 0.2) is 71.6 Å². The molecule has 0 bridgehead atoms. The van der Waals surface area contributed by atoms with Crippen LogP contribution >= 0.6 is 11.6 Å². The van der Waals surface area contributed by atoms with E-state index in [2.05, 4.69) is 5.32 Å². The predicted octanol–water partition coefficient (Wildman–Crippen LogP) is 5.79. The van der Waals surface area contributed by atoms with Crippen molar-refractivity contribution in [3.05, 3.63) is 94.0 Å². The Hall–Kier alpha value is -3.36. The molecule has 1 N–H and O–H groups in total. The number of rotatable bonds is 12. The van der Waals surface area contributed by atoms with E-state index in [9.17, 15) is 18.0 Å². The summed E-state index contributed by atoms with van der Waals surface area (Å²) >= 11 is 6.38. The lowest BCUT2D eigenvalue weighted by Crippen LogP contribution is -2.51. The van der Waals surface area contributed by atoms with Gasteiger partial charge in [0.25, 0.3) is 10.0 Å². The number of carbonyl (C=O) groups is 2. The van der Waals surface area contributed by atoms with E-state index >= 15 is 0 Å². The van der Waals surface area contributed by atoms with E-state index in [0.717, 1.165) is 39.4 Å². The predicted molar refractivity (Wildman–Crippen MR) is 161 cm³/mol. The number of nitrogens with one attached hydrogen (secondary N) is 1. The number of aryl methyl sites for hydroxylation is 3. The van der Waals surface area contributed by atoms with Crippen LogP contribution in [-0.2, 0) is 26.2 Å². The SMILES string of the molecule is CCCCNC(=O)C(C)N(Cc1cccc(C)c1)C(=O)CN(c1ccc(C)c(Cl)c1)S(=O)(=O)c1ccc(C)cc1. The number of carbonyl (C=O) groups excluding carboxylic acids is 2. The highest BCUT2D eigenvalue weighted by Gasteiger charge is 2.32. The van der Waals surface area contributed by atoms with Crippen molar-refractivity contribution in [1.29, 1.82) is 0 Å². The zero-order valence-electron chi connectivity index (χ0n) is 23.8. The molecule has 2 amide bonds. The maximum absolute atomic E-state index is 14.0. The van der Waals surface area contributed by atoms with Gasteiger partial charge >= 0.3 is 0 Å². The summed E-state index contributed by atoms with van der Waals surface area (Å²) in [5.74, 6) is -0.798. The first-order valence-electron chi connectivity index (χ1n) is 13.4. The van der Waals surface area contributed by atoms with Gasteiger partial charge in [0.05, 0.1) is 10.6 Å². The normalized spacial score (nSPS) is 12.1. The highest BCUT2D eigenvalue weighted by molar-refractivity contribution is 7.92. The lowest BCUT2D eigenvalue weighted by molar-refractivity contribution is -0.139. The van der Waals surface area contributed by atoms with Gasteiger partial charge in [0.1, 0.15) is 12.6 Å². The van der Waals surface area contributed by atoms with Crippen molar-refractivity contribution in [2.24, 2.45) is 0 Å². The zero-order valence-corrected chi connectivity index (χ0v) is 25.3. The highest BCUT2D eigenvalue weighted by atomic mass is 35.5. The summed E-state index contributed by atoms with van der Waals surface area (Å²) in [5.41, 5.74) is 3.81. The standard InChI is InChI=1S/C31H38ClN3O4S/c1-6-7-17-33-31(37)25(5)34(20-26-10-8-9-23(3)18-26)30(36)21-35(27-14-13-24(4)29(32)19-27)40(38,39)28-15-11-22(2)12-16-28/h8-16,18-19,25H,6-7,17,20-21H2,1-5H3,(H,33,37). The first-order valence-corrected chi connectivity index (χ1v) is 15.2. The lowest BCUT2D eigenvalue weighted by Gasteiger charge is -2.32. The van der Waals surface area contributed by atoms with Gasteiger partial charge < -0.3 is 10.2 Å². The van der Waals surface area contributed by atoms with Crippen LogP contribution in [0, 0.1) is 20.8 Å². The van der Waals surface area contributed by atoms with Gasteiger partial charge in [-0.2, -0.15) is 0 Å². The molecule has 3 aromatic carbocycles. The van der Waals surface area contributed by atoms with E-state index in [1.54, 1.807) is 37.3 Å². The van der Waals surface area contributed by atoms with Crippen molar-refractivity contribution < 1.29 is 18.0 Å². The second kappa shape index (κ2) is 13.8. The van der Waals surface area contributed by atoms with Crippen molar-refractivity contribution in [3.8, 4) is 0 Å². The van der Waals surface area contributed by atoms with Crippen LogP contribution in [0.2, 0.25) is 5.02 Å². The molecule has 3 rings (SSSR count). The number of benzene rings is 3. The number of sulfonamides is 1. The molecule has 1 atom stereocenters. The van der Waals surface area contributed by atoms with Gasteiger partial charge in [-0.3, -0.25) is 13.9 Å². The number of anilines is 1. The van der Waals surface area contributed by atoms with E-state index in [-0.39, 0.29) is 23.0 Å². The highest BCUT2D eigenvalue weighted by Crippen LogP contribution is 2.29. The molecule has 40 heavy (non-hydrogen) atoms. The quantitative estimate of drug-likeness (QED) is 0.273. The molecular weight excluding hydrogens is 546 g/mol. The summed E-state index contributed by atoms with van der Waals surface area (Å²) in [5, 5.41) is 3.28. The minimum Gasteiger partial charge on any atom is -0.354 e. The molecule has 3 aromatic rings. The van der Waals surface area contributed by atoms with Crippen LogP contribution in [0.4, 0.5) is 5.69 Å². The maximum atomic E-state index is 14.0. The lowest BCUT2D eigenvalue weighted by atomic mass is 10.1. The van der Waals surface area contributed by atoms with Gasteiger partial charge in [-0.15, -0.1) is 0 Å². The van der Waals surface area contributed by atoms with Gasteiger partial charge in [0.2, 0.25) is 11.8 Å². The molecular formula is C31H38ClN3O4S. The van der Waals surface area contributed by atoms with Crippen molar-refractivity contribution in [2.75, 3.05) is 17.4 Å². The largest absolute Gasteiger partial charge is 0.354 e. The summed E-state index contributed by atoms with van der Waals surface area (Å²) in [6, 6.07) is 18.2. The number of halogens is 1. The van der Waals surface area contributed by atoms with E-state index in [0.29, 0.717) is 11.6 Å². The molecule has 214 valence electrons. The summed E-state index contributed by atoms with van der Waals surface area (Å²) < 4.78 is 28.9. The minimum atomic E-state index is -4.15. The maximum Gasteiger partial charge on any atom is 0.264 e. The molecule has 0 fully saturated rings. The molecule has 0 spiro atoms. The van der Waals surface area contributed by atoms with E-state index in [1.165, 1.54) is 17.0 Å². The second-order valence-electron chi connectivity index (χ2n) is 10.1. The first-order chi connectivity index (χ1) is 18.9. The summed E-state index contributed by atoms with van der Waals surface area (Å²) in [6.07, 6.45) is 1.74. The van der Waals surface area contributed by atoms with Crippen LogP contribution in [0.25, 0.3) is 0 Å². The summed E-state index contributed by atoms with van der Waals surface area (Å²) in [4.78, 5) is 28.5. The number of hydrogen-bond donors (Lipinski definition) is 1. The number of unbranched alkanes of at least 4 members (excludes halogenated alkanes) is 1. The fourth-order valence-electron chi connectivity index (χ4n) is 4.23. The molecule has 0 aliphatic heterocycles. The molecule has 0 saturated carbocycles. The minimum absolute atomic E-state index is 0.0539. The monoisotopic (exact) mass is 583 g/mol. The molecule has 7 nitrogen and oxygen atoms in total. The topological polar surface area (TPSA) is 86.8 Å². The Morgan fingerprint density at radius 1 is 0.950 bits per heavy atom. The number of nitrogens with zero attached hydrogens (tertiary/aromatic N) is 2. The van der Waals surface area contributed by atoms with Gasteiger partial charge in [-0.05, 0) is 69.5 Å². The molecule has 0 aromatic heterocycles. The average Bonchev–Trinajstić information content (AvgIpc) is 2.91. The molecule has 0 aliphatic carbocycles. The fraction of sp³-hybridized carbons (Fsp3) is 0.355. The first kappa shape index (κ1) is 31.2. The van der Waals surface area contributed by atoms with Gasteiger partial charge in [-0.25, -0.2) is 8.42 Å². The Morgan fingerprint density at radius 2 is 1.65 bits per heavy atom. The van der Waals surface area contributed by atoms with E-state index in [4.69, 9.17) is 11.6 Å². The number of amides is 2. The third-order valence-corrected chi connectivity index (χ3v) is 8.96. The molecule has 1 unspecified atom stereocenters. The van der Waals surface area contributed by atoms with Crippen molar-refractivity contribution in [2.45, 2.75) is 64.9 Å². The Bertz CT molecular complexity index is 1440. The van der Waals surface area contributed by atoms with E-state index < -0.39 is 28.5 Å². The fourth-order valence-corrected chi connectivity index (χ4v) is 5.81. The molecule has 0 saturated heterocycles. The third-order valence-electron chi connectivity index (χ3n) is 6.76. The van der Waals surface area contributed by atoms with Crippen molar-refractivity contribution >= 4 is 39.1 Å². The smallest absolute Gasteiger partial charge is 0.264 e. The zero-order chi connectivity index (χ0) is 29.4. The second-order valence-corrected chi connectivity index (χ2v) is 12.4. The Kier molecular flexibility index (Phi) is 10.8. The van der Waals surface area contributed by atoms with Crippen LogP contribution < -0.4 is 9.62 Å². The molecule has 0 heterocycles. The Balaban J connectivity index is 2.03. The Labute approximate surface area is 243 Å². The van der Waals surface area contributed by atoms with Gasteiger partial charge in [-0.1, -0.05) is 78.5 Å². The summed E-state index contributed by atoms with van der Waals surface area (Å²) in [7, 11) is -4.15. The molecule has 0 radical (unpaired) electrons. The summed E-state index contributed by atoms with van der Waals surface area (Å²) in [6.45, 7) is 9.48. The average molecular weight is 584 g/mol. The van der Waals surface area contributed by atoms with Crippen molar-refractivity contribution in [3.63, 3.8) is 0 Å². The molecule has 0 aliphatic rings.